The van der Waals surface area contributed by atoms with Gasteiger partial charge in [0, 0.05) is 5.54 Å². The third-order valence-corrected chi connectivity index (χ3v) is 2.41. The molecule has 1 N–H and O–H groups in total. The van der Waals surface area contributed by atoms with E-state index in [9.17, 15) is 0 Å². The highest BCUT2D eigenvalue weighted by Crippen LogP contribution is 2.13. The molecule has 1 nitrogen and oxygen atoms in total. The zero-order valence-corrected chi connectivity index (χ0v) is 13.6. The summed E-state index contributed by atoms with van der Waals surface area (Å²) in [5.41, 5.74) is 0.314. The highest BCUT2D eigenvalue weighted by atomic mass is 14.9. The van der Waals surface area contributed by atoms with E-state index < -0.39 is 0 Å². The van der Waals surface area contributed by atoms with Crippen LogP contribution in [0.4, 0.5) is 0 Å². The van der Waals surface area contributed by atoms with E-state index in [4.69, 9.17) is 0 Å². The topological polar surface area (TPSA) is 12.0 Å². The Hall–Kier alpha value is -0.0400. The average Bonchev–Trinajstić information content (AvgIpc) is 2.20. The molecule has 0 saturated heterocycles. The van der Waals surface area contributed by atoms with Gasteiger partial charge in [-0.1, -0.05) is 54.9 Å². The molecule has 0 aliphatic carbocycles. The maximum absolute atomic E-state index is 3.27. The van der Waals surface area contributed by atoms with Crippen molar-refractivity contribution in [2.75, 3.05) is 7.05 Å². The van der Waals surface area contributed by atoms with Crippen molar-refractivity contribution in [3.63, 3.8) is 0 Å². The highest BCUT2D eigenvalue weighted by Gasteiger charge is 2.15. The minimum absolute atomic E-state index is 0.314. The second-order valence-electron chi connectivity index (χ2n) is 5.53. The number of rotatable bonds is 4. The van der Waals surface area contributed by atoms with Crippen molar-refractivity contribution in [1.82, 2.24) is 5.32 Å². The first-order chi connectivity index (χ1) is 7.25. The van der Waals surface area contributed by atoms with Gasteiger partial charge in [0.15, 0.2) is 0 Å². The lowest BCUT2D eigenvalue weighted by molar-refractivity contribution is 0.340. The minimum atomic E-state index is 0.314. The fraction of sp³-hybridized carbons (Fsp3) is 1.00. The SMILES string of the molecule is CC.CCC(C)C.CNC(C)(C)CC(C)C. The first-order valence-electron chi connectivity index (χ1n) is 6.94. The van der Waals surface area contributed by atoms with Crippen molar-refractivity contribution < 1.29 is 0 Å². The van der Waals surface area contributed by atoms with E-state index in [-0.39, 0.29) is 0 Å². The fourth-order valence-electron chi connectivity index (χ4n) is 1.12. The van der Waals surface area contributed by atoms with Crippen LogP contribution in [0.2, 0.25) is 0 Å². The largest absolute Gasteiger partial charge is 0.315 e. The van der Waals surface area contributed by atoms with E-state index in [1.165, 1.54) is 12.8 Å². The number of hydrogen-bond donors (Lipinski definition) is 1. The Kier molecular flexibility index (Phi) is 17.3. The van der Waals surface area contributed by atoms with Crippen molar-refractivity contribution in [2.45, 2.75) is 80.7 Å². The summed E-state index contributed by atoms with van der Waals surface area (Å²) < 4.78 is 0. The second-order valence-corrected chi connectivity index (χ2v) is 5.53. The van der Waals surface area contributed by atoms with E-state index in [0.717, 1.165) is 11.8 Å². The molecule has 0 amide bonds. The molecule has 0 fully saturated rings. The van der Waals surface area contributed by atoms with E-state index in [2.05, 4.69) is 53.8 Å². The number of nitrogens with one attached hydrogen (secondary N) is 1. The third-order valence-electron chi connectivity index (χ3n) is 2.41. The van der Waals surface area contributed by atoms with Gasteiger partial charge in [-0.2, -0.15) is 0 Å². The predicted octanol–water partition coefficient (Wildman–Crippen LogP) is 5.11. The van der Waals surface area contributed by atoms with Crippen LogP contribution < -0.4 is 5.32 Å². The molecule has 0 heterocycles. The van der Waals surface area contributed by atoms with E-state index in [1.807, 2.05) is 20.9 Å². The van der Waals surface area contributed by atoms with Crippen LogP contribution in [0, 0.1) is 11.8 Å². The summed E-state index contributed by atoms with van der Waals surface area (Å²) >= 11 is 0. The number of hydrogen-bond acceptors (Lipinski definition) is 1. The zero-order chi connectivity index (χ0) is 13.8. The average molecular weight is 231 g/mol. The van der Waals surface area contributed by atoms with E-state index in [1.54, 1.807) is 0 Å². The van der Waals surface area contributed by atoms with Crippen LogP contribution in [0.15, 0.2) is 0 Å². The Morgan fingerprint density at radius 3 is 1.31 bits per heavy atom. The van der Waals surface area contributed by atoms with Crippen LogP contribution in [0.3, 0.4) is 0 Å². The summed E-state index contributed by atoms with van der Waals surface area (Å²) in [4.78, 5) is 0. The van der Waals surface area contributed by atoms with Gasteiger partial charge in [0.2, 0.25) is 0 Å². The van der Waals surface area contributed by atoms with Crippen molar-refractivity contribution >= 4 is 0 Å². The molecule has 102 valence electrons. The van der Waals surface area contributed by atoms with Crippen LogP contribution in [-0.4, -0.2) is 12.6 Å². The van der Waals surface area contributed by atoms with Crippen LogP contribution in [-0.2, 0) is 0 Å². The molecule has 0 aromatic heterocycles. The molecule has 16 heavy (non-hydrogen) atoms. The van der Waals surface area contributed by atoms with Gasteiger partial charge in [-0.3, -0.25) is 0 Å². The second kappa shape index (κ2) is 13.0. The first kappa shape index (κ1) is 21.3. The molecule has 0 aromatic carbocycles. The molecule has 0 atom stereocenters. The lowest BCUT2D eigenvalue weighted by atomic mass is 9.93. The molecule has 0 aromatic rings. The van der Waals surface area contributed by atoms with Crippen molar-refractivity contribution in [3.05, 3.63) is 0 Å². The Morgan fingerprint density at radius 1 is 0.938 bits per heavy atom. The van der Waals surface area contributed by atoms with E-state index in [0.29, 0.717) is 5.54 Å². The summed E-state index contributed by atoms with van der Waals surface area (Å²) in [6, 6.07) is 0. The van der Waals surface area contributed by atoms with Gasteiger partial charge in [-0.05, 0) is 39.2 Å². The molecule has 0 aliphatic heterocycles. The maximum Gasteiger partial charge on any atom is 0.0124 e. The molecule has 0 unspecified atom stereocenters. The van der Waals surface area contributed by atoms with Crippen LogP contribution in [0.1, 0.15) is 75.2 Å². The monoisotopic (exact) mass is 231 g/mol. The van der Waals surface area contributed by atoms with Gasteiger partial charge < -0.3 is 5.32 Å². The highest BCUT2D eigenvalue weighted by molar-refractivity contribution is 4.75. The molecule has 0 bridgehead atoms. The van der Waals surface area contributed by atoms with Crippen molar-refractivity contribution in [2.24, 2.45) is 11.8 Å². The molecule has 0 rings (SSSR count). The molecule has 0 radical (unpaired) electrons. The molecular formula is C15H37N. The quantitative estimate of drug-likeness (QED) is 0.709. The molecule has 0 aliphatic rings. The van der Waals surface area contributed by atoms with Gasteiger partial charge >= 0.3 is 0 Å². The standard InChI is InChI=1S/C8H19N.C5H12.C2H6/c1-7(2)6-8(3,4)9-5;1-4-5(2)3;1-2/h7,9H,6H2,1-5H3;5H,4H2,1-3H3;1-2H3. The first-order valence-corrected chi connectivity index (χ1v) is 6.94. The maximum atomic E-state index is 3.27. The third kappa shape index (κ3) is 23.6. The molecular weight excluding hydrogens is 194 g/mol. The predicted molar refractivity (Wildman–Crippen MR) is 79.1 cm³/mol. The lowest BCUT2D eigenvalue weighted by Crippen LogP contribution is -2.37. The summed E-state index contributed by atoms with van der Waals surface area (Å²) in [6.07, 6.45) is 2.55. The molecule has 0 saturated carbocycles. The van der Waals surface area contributed by atoms with Gasteiger partial charge in [0.05, 0.1) is 0 Å². The summed E-state index contributed by atoms with van der Waals surface area (Å²) in [6.45, 7) is 19.6. The fourth-order valence-corrected chi connectivity index (χ4v) is 1.12. The normalized spacial score (nSPS) is 10.5. The molecule has 0 spiro atoms. The lowest BCUT2D eigenvalue weighted by Gasteiger charge is -2.25. The van der Waals surface area contributed by atoms with Gasteiger partial charge in [-0.15, -0.1) is 0 Å². The summed E-state index contributed by atoms with van der Waals surface area (Å²) in [5.74, 6) is 1.67. The van der Waals surface area contributed by atoms with Crippen LogP contribution >= 0.6 is 0 Å². The van der Waals surface area contributed by atoms with Crippen LogP contribution in [0.5, 0.6) is 0 Å². The Balaban J connectivity index is -0.000000205. The Bertz CT molecular complexity index is 115. The van der Waals surface area contributed by atoms with E-state index >= 15 is 0 Å². The summed E-state index contributed by atoms with van der Waals surface area (Å²) in [5, 5.41) is 3.27. The Morgan fingerprint density at radius 2 is 1.25 bits per heavy atom. The van der Waals surface area contributed by atoms with Crippen molar-refractivity contribution in [1.29, 1.82) is 0 Å². The van der Waals surface area contributed by atoms with Gasteiger partial charge in [-0.25, -0.2) is 0 Å². The minimum Gasteiger partial charge on any atom is -0.315 e. The van der Waals surface area contributed by atoms with Crippen LogP contribution in [0.25, 0.3) is 0 Å². The Labute approximate surface area is 105 Å². The zero-order valence-electron chi connectivity index (χ0n) is 13.6. The van der Waals surface area contributed by atoms with Crippen molar-refractivity contribution in [3.8, 4) is 0 Å². The summed E-state index contributed by atoms with van der Waals surface area (Å²) in [7, 11) is 2.02. The van der Waals surface area contributed by atoms with Gasteiger partial charge in [0.25, 0.3) is 0 Å². The molecule has 1 heteroatoms. The van der Waals surface area contributed by atoms with Gasteiger partial charge in [0.1, 0.15) is 0 Å². The smallest absolute Gasteiger partial charge is 0.0124 e.